The minimum Gasteiger partial charge on any atom is -0.480 e. The van der Waals surface area contributed by atoms with Crippen molar-refractivity contribution >= 4 is 34.5 Å². The molecule has 0 fully saturated rings. The second-order valence-electron chi connectivity index (χ2n) is 4.14. The highest BCUT2D eigenvalue weighted by Gasteiger charge is 2.20. The molecule has 4 nitrogen and oxygen atoms in total. The van der Waals surface area contributed by atoms with E-state index in [0.717, 1.165) is 9.13 Å². The molecule has 102 valence electrons. The van der Waals surface area contributed by atoms with Gasteiger partial charge in [0.2, 0.25) is 0 Å². The van der Waals surface area contributed by atoms with Gasteiger partial charge in [-0.1, -0.05) is 12.1 Å². The first-order valence-corrected chi connectivity index (χ1v) is 6.95. The van der Waals surface area contributed by atoms with Gasteiger partial charge < -0.3 is 10.4 Å². The minimum absolute atomic E-state index is 0.341. The van der Waals surface area contributed by atoms with E-state index in [1.807, 2.05) is 13.0 Å². The van der Waals surface area contributed by atoms with Gasteiger partial charge in [-0.3, -0.25) is 4.79 Å². The van der Waals surface area contributed by atoms with E-state index in [-0.39, 0.29) is 5.91 Å². The molecule has 5 heteroatoms. The molecule has 1 aromatic carbocycles. The Balaban J connectivity index is 2.84. The van der Waals surface area contributed by atoms with Crippen molar-refractivity contribution in [2.45, 2.75) is 25.8 Å². The Labute approximate surface area is 126 Å². The van der Waals surface area contributed by atoms with Gasteiger partial charge in [-0.05, 0) is 60.1 Å². The molecule has 0 radical (unpaired) electrons. The van der Waals surface area contributed by atoms with Crippen LogP contribution in [0.4, 0.5) is 0 Å². The molecule has 0 aliphatic heterocycles. The van der Waals surface area contributed by atoms with E-state index in [1.165, 1.54) is 0 Å². The van der Waals surface area contributed by atoms with Crippen molar-refractivity contribution in [3.05, 3.63) is 45.6 Å². The van der Waals surface area contributed by atoms with Gasteiger partial charge in [0.1, 0.15) is 6.04 Å². The Morgan fingerprint density at radius 2 is 2.21 bits per heavy atom. The van der Waals surface area contributed by atoms with E-state index in [1.54, 1.807) is 18.2 Å². The molecule has 0 bridgehead atoms. The van der Waals surface area contributed by atoms with Gasteiger partial charge in [-0.2, -0.15) is 0 Å². The summed E-state index contributed by atoms with van der Waals surface area (Å²) in [6.07, 6.45) is 2.52. The number of carboxylic acids is 1. The quantitative estimate of drug-likeness (QED) is 0.595. The molecular formula is C14H16INO3. The molecular weight excluding hydrogens is 357 g/mol. The summed E-state index contributed by atoms with van der Waals surface area (Å²) < 4.78 is 0.975. The minimum atomic E-state index is -1.03. The zero-order chi connectivity index (χ0) is 14.4. The van der Waals surface area contributed by atoms with Crippen molar-refractivity contribution in [1.29, 1.82) is 0 Å². The van der Waals surface area contributed by atoms with Crippen LogP contribution in [-0.2, 0) is 4.79 Å². The summed E-state index contributed by atoms with van der Waals surface area (Å²) >= 11 is 2.14. The maximum atomic E-state index is 12.1. The lowest BCUT2D eigenvalue weighted by molar-refractivity contribution is -0.139. The van der Waals surface area contributed by atoms with Crippen LogP contribution < -0.4 is 5.32 Å². The van der Waals surface area contributed by atoms with Crippen LogP contribution in [0.2, 0.25) is 0 Å². The summed E-state index contributed by atoms with van der Waals surface area (Å²) in [5.74, 6) is -1.38. The van der Waals surface area contributed by atoms with E-state index >= 15 is 0 Å². The number of rotatable bonds is 6. The molecule has 0 aliphatic carbocycles. The number of benzene rings is 1. The fourth-order valence-electron chi connectivity index (χ4n) is 1.63. The molecule has 0 heterocycles. The van der Waals surface area contributed by atoms with Crippen LogP contribution in [-0.4, -0.2) is 23.0 Å². The third-order valence-electron chi connectivity index (χ3n) is 2.78. The van der Waals surface area contributed by atoms with Gasteiger partial charge in [0.05, 0.1) is 0 Å². The van der Waals surface area contributed by atoms with Gasteiger partial charge >= 0.3 is 5.97 Å². The number of hydrogen-bond donors (Lipinski definition) is 2. The van der Waals surface area contributed by atoms with E-state index in [0.29, 0.717) is 18.4 Å². The summed E-state index contributed by atoms with van der Waals surface area (Å²) in [6.45, 7) is 5.39. The normalized spacial score (nSPS) is 11.7. The number of carbonyl (C=O) groups is 2. The van der Waals surface area contributed by atoms with E-state index in [4.69, 9.17) is 5.11 Å². The lowest BCUT2D eigenvalue weighted by Crippen LogP contribution is -2.40. The second-order valence-corrected chi connectivity index (χ2v) is 5.30. The second kappa shape index (κ2) is 7.28. The zero-order valence-corrected chi connectivity index (χ0v) is 12.8. The van der Waals surface area contributed by atoms with Crippen LogP contribution in [0.25, 0.3) is 0 Å². The number of amides is 1. The first-order chi connectivity index (χ1) is 8.97. The van der Waals surface area contributed by atoms with Gasteiger partial charge in [-0.25, -0.2) is 4.79 Å². The zero-order valence-electron chi connectivity index (χ0n) is 10.6. The Bertz CT molecular complexity index is 499. The van der Waals surface area contributed by atoms with Crippen LogP contribution in [0, 0.1) is 10.5 Å². The lowest BCUT2D eigenvalue weighted by atomic mass is 10.1. The predicted molar refractivity (Wildman–Crippen MR) is 82.2 cm³/mol. The molecule has 1 rings (SSSR count). The van der Waals surface area contributed by atoms with E-state index < -0.39 is 12.0 Å². The van der Waals surface area contributed by atoms with Crippen molar-refractivity contribution in [3.63, 3.8) is 0 Å². The molecule has 0 aliphatic rings. The van der Waals surface area contributed by atoms with Crippen LogP contribution in [0.3, 0.4) is 0 Å². The fourth-order valence-corrected chi connectivity index (χ4v) is 2.13. The Morgan fingerprint density at radius 1 is 1.53 bits per heavy atom. The SMILES string of the molecule is C=CCCC(NC(=O)c1cccc(I)c1C)C(=O)O. The van der Waals surface area contributed by atoms with Crippen LogP contribution >= 0.6 is 22.6 Å². The summed E-state index contributed by atoms with van der Waals surface area (Å²) in [5.41, 5.74) is 1.37. The lowest BCUT2D eigenvalue weighted by Gasteiger charge is -2.15. The van der Waals surface area contributed by atoms with Crippen LogP contribution in [0.5, 0.6) is 0 Å². The number of carboxylic acid groups (broad SMARTS) is 1. The Hall–Kier alpha value is -1.37. The largest absolute Gasteiger partial charge is 0.480 e. The van der Waals surface area contributed by atoms with Gasteiger partial charge in [0, 0.05) is 9.13 Å². The maximum Gasteiger partial charge on any atom is 0.326 e. The molecule has 0 saturated carbocycles. The molecule has 1 amide bonds. The molecule has 0 saturated heterocycles. The smallest absolute Gasteiger partial charge is 0.326 e. The van der Waals surface area contributed by atoms with E-state index in [2.05, 4.69) is 34.5 Å². The number of carbonyl (C=O) groups excluding carboxylic acids is 1. The first kappa shape index (κ1) is 15.7. The van der Waals surface area contributed by atoms with Crippen LogP contribution in [0.1, 0.15) is 28.8 Å². The summed E-state index contributed by atoms with van der Waals surface area (Å²) in [4.78, 5) is 23.2. The summed E-state index contributed by atoms with van der Waals surface area (Å²) in [6, 6.07) is 4.49. The van der Waals surface area contributed by atoms with Gasteiger partial charge in [-0.15, -0.1) is 6.58 Å². The topological polar surface area (TPSA) is 66.4 Å². The van der Waals surface area contributed by atoms with Crippen molar-refractivity contribution in [1.82, 2.24) is 5.32 Å². The maximum absolute atomic E-state index is 12.1. The number of halogens is 1. The molecule has 0 spiro atoms. The summed E-state index contributed by atoms with van der Waals surface area (Å²) in [5, 5.41) is 11.6. The van der Waals surface area contributed by atoms with Gasteiger partial charge in [0.25, 0.3) is 5.91 Å². The Kier molecular flexibility index (Phi) is 6.01. The number of allylic oxidation sites excluding steroid dienone is 1. The van der Waals surface area contributed by atoms with Crippen molar-refractivity contribution in [3.8, 4) is 0 Å². The van der Waals surface area contributed by atoms with Crippen molar-refractivity contribution in [2.75, 3.05) is 0 Å². The Morgan fingerprint density at radius 3 is 2.79 bits per heavy atom. The average Bonchev–Trinajstić information content (AvgIpc) is 2.37. The molecule has 1 unspecified atom stereocenters. The summed E-state index contributed by atoms with van der Waals surface area (Å²) in [7, 11) is 0. The molecule has 1 atom stereocenters. The predicted octanol–water partition coefficient (Wildman–Crippen LogP) is 2.75. The highest BCUT2D eigenvalue weighted by molar-refractivity contribution is 14.1. The van der Waals surface area contributed by atoms with Crippen molar-refractivity contribution in [2.24, 2.45) is 0 Å². The highest BCUT2D eigenvalue weighted by Crippen LogP contribution is 2.16. The third kappa shape index (κ3) is 4.34. The van der Waals surface area contributed by atoms with Crippen LogP contribution in [0.15, 0.2) is 30.9 Å². The third-order valence-corrected chi connectivity index (χ3v) is 3.94. The average molecular weight is 373 g/mol. The first-order valence-electron chi connectivity index (χ1n) is 5.87. The number of aliphatic carboxylic acids is 1. The monoisotopic (exact) mass is 373 g/mol. The highest BCUT2D eigenvalue weighted by atomic mass is 127. The molecule has 19 heavy (non-hydrogen) atoms. The fraction of sp³-hybridized carbons (Fsp3) is 0.286. The standard InChI is InChI=1S/C14H16INO3/c1-3-4-8-12(14(18)19)16-13(17)10-6-5-7-11(15)9(10)2/h3,5-7,12H,1,4,8H2,2H3,(H,16,17)(H,18,19). The number of nitrogens with one attached hydrogen (secondary N) is 1. The van der Waals surface area contributed by atoms with E-state index in [9.17, 15) is 9.59 Å². The van der Waals surface area contributed by atoms with Crippen molar-refractivity contribution < 1.29 is 14.7 Å². The van der Waals surface area contributed by atoms with Gasteiger partial charge in [0.15, 0.2) is 0 Å². The molecule has 0 aromatic heterocycles. The molecule has 1 aromatic rings. The number of hydrogen-bond acceptors (Lipinski definition) is 2. The molecule has 2 N–H and O–H groups in total.